The standard InChI is InChI=1S/C15H14F2N2O/c1-9-6-10(2)8-11(7-9)19(3)15(20)12-4-5-18-14(17)13(12)16/h4-8H,1-3H3. The monoisotopic (exact) mass is 276 g/mol. The molecule has 0 fully saturated rings. The SMILES string of the molecule is Cc1cc(C)cc(N(C)C(=O)c2ccnc(F)c2F)c1. The highest BCUT2D eigenvalue weighted by Crippen LogP contribution is 2.20. The Balaban J connectivity index is 2.40. The van der Waals surface area contributed by atoms with E-state index in [9.17, 15) is 13.6 Å². The van der Waals surface area contributed by atoms with Crippen LogP contribution in [0, 0.1) is 25.6 Å². The third-order valence-corrected chi connectivity index (χ3v) is 2.98. The molecule has 0 bridgehead atoms. The van der Waals surface area contributed by atoms with Gasteiger partial charge in [0.2, 0.25) is 5.95 Å². The number of carbonyl (C=O) groups excluding carboxylic acids is 1. The summed E-state index contributed by atoms with van der Waals surface area (Å²) in [4.78, 5) is 16.7. The summed E-state index contributed by atoms with van der Waals surface area (Å²) in [5.74, 6) is -3.12. The number of benzene rings is 1. The third-order valence-electron chi connectivity index (χ3n) is 2.98. The fourth-order valence-electron chi connectivity index (χ4n) is 2.03. The molecule has 0 aliphatic heterocycles. The number of aromatic nitrogens is 1. The summed E-state index contributed by atoms with van der Waals surface area (Å²) in [5.41, 5.74) is 2.27. The van der Waals surface area contributed by atoms with E-state index in [1.54, 1.807) is 12.1 Å². The maximum absolute atomic E-state index is 13.6. The number of pyridine rings is 1. The minimum Gasteiger partial charge on any atom is -0.311 e. The molecule has 1 amide bonds. The maximum Gasteiger partial charge on any atom is 0.261 e. The summed E-state index contributed by atoms with van der Waals surface area (Å²) < 4.78 is 26.7. The molecular formula is C15H14F2N2O. The van der Waals surface area contributed by atoms with Crippen LogP contribution in [-0.2, 0) is 0 Å². The molecule has 0 atom stereocenters. The van der Waals surface area contributed by atoms with Crippen LogP contribution in [0.4, 0.5) is 14.5 Å². The fraction of sp³-hybridized carbons (Fsp3) is 0.200. The van der Waals surface area contributed by atoms with Gasteiger partial charge in [-0.1, -0.05) is 6.07 Å². The summed E-state index contributed by atoms with van der Waals surface area (Å²) in [5, 5.41) is 0. The predicted molar refractivity (Wildman–Crippen MR) is 72.8 cm³/mol. The van der Waals surface area contributed by atoms with Crippen LogP contribution >= 0.6 is 0 Å². The van der Waals surface area contributed by atoms with Crippen LogP contribution in [-0.4, -0.2) is 17.9 Å². The molecule has 3 nitrogen and oxygen atoms in total. The summed E-state index contributed by atoms with van der Waals surface area (Å²) in [6.07, 6.45) is 1.07. The molecule has 1 heterocycles. The first-order chi connectivity index (χ1) is 9.40. The average Bonchev–Trinajstić information content (AvgIpc) is 2.39. The molecule has 2 aromatic rings. The van der Waals surface area contributed by atoms with Crippen molar-refractivity contribution in [3.8, 4) is 0 Å². The Hall–Kier alpha value is -2.30. The number of aryl methyl sites for hydroxylation is 2. The van der Waals surface area contributed by atoms with Gasteiger partial charge >= 0.3 is 0 Å². The van der Waals surface area contributed by atoms with Crippen molar-refractivity contribution in [2.75, 3.05) is 11.9 Å². The van der Waals surface area contributed by atoms with Crippen LogP contribution in [0.2, 0.25) is 0 Å². The third kappa shape index (κ3) is 2.66. The van der Waals surface area contributed by atoms with Gasteiger partial charge in [-0.05, 0) is 43.2 Å². The number of halogens is 2. The van der Waals surface area contributed by atoms with Gasteiger partial charge in [-0.25, -0.2) is 9.37 Å². The summed E-state index contributed by atoms with van der Waals surface area (Å²) in [6, 6.07) is 6.75. The van der Waals surface area contributed by atoms with Crippen LogP contribution in [0.15, 0.2) is 30.5 Å². The zero-order valence-corrected chi connectivity index (χ0v) is 11.4. The van der Waals surface area contributed by atoms with Crippen molar-refractivity contribution in [3.05, 3.63) is 58.9 Å². The summed E-state index contributed by atoms with van der Waals surface area (Å²) in [6.45, 7) is 3.81. The second-order valence-corrected chi connectivity index (χ2v) is 4.67. The molecule has 5 heteroatoms. The van der Waals surface area contributed by atoms with Gasteiger partial charge in [-0.3, -0.25) is 4.79 Å². The molecule has 0 aliphatic rings. The zero-order valence-electron chi connectivity index (χ0n) is 11.4. The van der Waals surface area contributed by atoms with Gasteiger partial charge in [0, 0.05) is 18.9 Å². The minimum atomic E-state index is -1.27. The predicted octanol–water partition coefficient (Wildman–Crippen LogP) is 3.25. The highest BCUT2D eigenvalue weighted by molar-refractivity contribution is 6.05. The van der Waals surface area contributed by atoms with E-state index in [0.29, 0.717) is 5.69 Å². The van der Waals surface area contributed by atoms with Crippen molar-refractivity contribution in [1.29, 1.82) is 0 Å². The summed E-state index contributed by atoms with van der Waals surface area (Å²) >= 11 is 0. The van der Waals surface area contributed by atoms with Crippen molar-refractivity contribution in [2.24, 2.45) is 0 Å². The molecule has 0 aliphatic carbocycles. The van der Waals surface area contributed by atoms with Crippen LogP contribution in [0.5, 0.6) is 0 Å². The Bertz CT molecular complexity index is 651. The Morgan fingerprint density at radius 2 is 1.75 bits per heavy atom. The van der Waals surface area contributed by atoms with E-state index in [2.05, 4.69) is 4.98 Å². The minimum absolute atomic E-state index is 0.334. The van der Waals surface area contributed by atoms with E-state index in [1.165, 1.54) is 18.0 Å². The molecule has 0 unspecified atom stereocenters. The summed E-state index contributed by atoms with van der Waals surface area (Å²) in [7, 11) is 1.52. The lowest BCUT2D eigenvalue weighted by Crippen LogP contribution is -2.27. The topological polar surface area (TPSA) is 33.2 Å². The first-order valence-electron chi connectivity index (χ1n) is 6.06. The van der Waals surface area contributed by atoms with Gasteiger partial charge in [0.15, 0.2) is 5.82 Å². The van der Waals surface area contributed by atoms with E-state index < -0.39 is 17.7 Å². The number of nitrogens with zero attached hydrogens (tertiary/aromatic N) is 2. The Kier molecular flexibility index (Phi) is 3.79. The first-order valence-corrected chi connectivity index (χ1v) is 6.06. The van der Waals surface area contributed by atoms with Crippen LogP contribution in [0.1, 0.15) is 21.5 Å². The molecule has 0 saturated carbocycles. The van der Waals surface area contributed by atoms with E-state index in [-0.39, 0.29) is 5.56 Å². The van der Waals surface area contributed by atoms with Crippen LogP contribution < -0.4 is 4.90 Å². The first kappa shape index (κ1) is 14.1. The van der Waals surface area contributed by atoms with Crippen molar-refractivity contribution in [3.63, 3.8) is 0 Å². The number of hydrogen-bond donors (Lipinski definition) is 0. The lowest BCUT2D eigenvalue weighted by atomic mass is 10.1. The van der Waals surface area contributed by atoms with Crippen molar-refractivity contribution >= 4 is 11.6 Å². The van der Waals surface area contributed by atoms with Gasteiger partial charge in [-0.2, -0.15) is 4.39 Å². The largest absolute Gasteiger partial charge is 0.311 e. The molecule has 0 spiro atoms. The number of anilines is 1. The highest BCUT2D eigenvalue weighted by atomic mass is 19.2. The molecule has 0 saturated heterocycles. The average molecular weight is 276 g/mol. The maximum atomic E-state index is 13.6. The number of rotatable bonds is 2. The quantitative estimate of drug-likeness (QED) is 0.789. The van der Waals surface area contributed by atoms with Gasteiger partial charge in [0.25, 0.3) is 5.91 Å². The molecule has 1 aromatic carbocycles. The Labute approximate surface area is 115 Å². The van der Waals surface area contributed by atoms with Gasteiger partial charge < -0.3 is 4.90 Å². The zero-order chi connectivity index (χ0) is 14.9. The van der Waals surface area contributed by atoms with Crippen molar-refractivity contribution < 1.29 is 13.6 Å². The lowest BCUT2D eigenvalue weighted by molar-refractivity contribution is 0.0987. The van der Waals surface area contributed by atoms with Crippen LogP contribution in [0.25, 0.3) is 0 Å². The van der Waals surface area contributed by atoms with Gasteiger partial charge in [0.05, 0.1) is 5.56 Å². The smallest absolute Gasteiger partial charge is 0.261 e. The van der Waals surface area contributed by atoms with E-state index in [1.807, 2.05) is 19.9 Å². The van der Waals surface area contributed by atoms with E-state index in [0.717, 1.165) is 17.3 Å². The Morgan fingerprint density at radius 3 is 2.35 bits per heavy atom. The lowest BCUT2D eigenvalue weighted by Gasteiger charge is -2.19. The number of amides is 1. The second-order valence-electron chi connectivity index (χ2n) is 4.67. The highest BCUT2D eigenvalue weighted by Gasteiger charge is 2.20. The number of carbonyl (C=O) groups is 1. The molecule has 104 valence electrons. The number of hydrogen-bond acceptors (Lipinski definition) is 2. The van der Waals surface area contributed by atoms with E-state index >= 15 is 0 Å². The van der Waals surface area contributed by atoms with Crippen molar-refractivity contribution in [1.82, 2.24) is 4.98 Å². The molecule has 20 heavy (non-hydrogen) atoms. The van der Waals surface area contributed by atoms with Gasteiger partial charge in [-0.15, -0.1) is 0 Å². The molecule has 1 aromatic heterocycles. The van der Waals surface area contributed by atoms with Gasteiger partial charge in [0.1, 0.15) is 0 Å². The van der Waals surface area contributed by atoms with E-state index in [4.69, 9.17) is 0 Å². The molecule has 2 rings (SSSR count). The normalized spacial score (nSPS) is 10.4. The Morgan fingerprint density at radius 1 is 1.15 bits per heavy atom. The molecule has 0 N–H and O–H groups in total. The molecular weight excluding hydrogens is 262 g/mol. The van der Waals surface area contributed by atoms with Crippen molar-refractivity contribution in [2.45, 2.75) is 13.8 Å². The fourth-order valence-corrected chi connectivity index (χ4v) is 2.03. The van der Waals surface area contributed by atoms with Crippen LogP contribution in [0.3, 0.4) is 0 Å². The molecule has 0 radical (unpaired) electrons. The second kappa shape index (κ2) is 5.36.